The van der Waals surface area contributed by atoms with Crippen molar-refractivity contribution in [1.29, 1.82) is 0 Å². The van der Waals surface area contributed by atoms with Crippen LogP contribution in [0.3, 0.4) is 0 Å². The first-order valence-corrected chi connectivity index (χ1v) is 24.7. The summed E-state index contributed by atoms with van der Waals surface area (Å²) in [6.07, 6.45) is 39.0. The van der Waals surface area contributed by atoms with Crippen LogP contribution in [-0.2, 0) is 29.3 Å². The van der Waals surface area contributed by atoms with E-state index in [-0.39, 0.29) is 16.5 Å². The Balaban J connectivity index is 0.00000184. The predicted octanol–water partition coefficient (Wildman–Crippen LogP) is 19.0. The molecular formula is C55H92N2Ni. The maximum absolute atomic E-state index is 12.1. The summed E-state index contributed by atoms with van der Waals surface area (Å²) in [7, 11) is 0. The van der Waals surface area contributed by atoms with E-state index in [1.807, 2.05) is 0 Å². The Morgan fingerprint density at radius 3 is 1.10 bits per heavy atom. The van der Waals surface area contributed by atoms with Gasteiger partial charge >= 0.3 is 16.5 Å². The number of aryl methyl sites for hydroxylation is 2. The van der Waals surface area contributed by atoms with Crippen molar-refractivity contribution in [2.75, 3.05) is 0 Å². The zero-order chi connectivity index (χ0) is 41.8. The molecule has 0 bridgehead atoms. The molecule has 3 rings (SSSR count). The van der Waals surface area contributed by atoms with Crippen LogP contribution in [0.1, 0.15) is 250 Å². The van der Waals surface area contributed by atoms with Crippen molar-refractivity contribution in [3.63, 3.8) is 0 Å². The molecule has 0 unspecified atom stereocenters. The van der Waals surface area contributed by atoms with Crippen LogP contribution in [0.15, 0.2) is 59.7 Å². The monoisotopic (exact) mass is 839 g/mol. The molecule has 58 heavy (non-hydrogen) atoms. The number of nitrogens with zero attached hydrogens (tertiary/aromatic N) is 2. The molecule has 1 aliphatic rings. The van der Waals surface area contributed by atoms with Crippen molar-refractivity contribution in [3.05, 3.63) is 101 Å². The summed E-state index contributed by atoms with van der Waals surface area (Å²) in [5.74, 6) is 0. The first-order chi connectivity index (χ1) is 28.0. The van der Waals surface area contributed by atoms with Gasteiger partial charge in [0.1, 0.15) is 0 Å². The van der Waals surface area contributed by atoms with E-state index in [1.165, 1.54) is 181 Å². The Labute approximate surface area is 372 Å². The van der Waals surface area contributed by atoms with Crippen molar-refractivity contribution in [2.24, 2.45) is 0 Å². The van der Waals surface area contributed by atoms with E-state index < -0.39 is 0 Å². The fraction of sp³-hybridized carbons (Fsp3) is 0.673. The molecule has 0 radical (unpaired) electrons. The number of allylic oxidation sites excluding steroid dienone is 2. The maximum atomic E-state index is 12.1. The summed E-state index contributed by atoms with van der Waals surface area (Å²) >= 11 is 0. The predicted molar refractivity (Wildman–Crippen MR) is 256 cm³/mol. The molecule has 0 spiro atoms. The molecule has 0 saturated heterocycles. The number of rotatable bonds is 31. The average molecular weight is 840 g/mol. The quantitative estimate of drug-likeness (QED) is 0.0313. The molecule has 3 heteroatoms. The minimum atomic E-state index is 0. The first-order valence-electron chi connectivity index (χ1n) is 24.7. The number of benzene rings is 2. The Hall–Kier alpha value is -1.99. The second-order valence-corrected chi connectivity index (χ2v) is 16.8. The van der Waals surface area contributed by atoms with E-state index in [0.29, 0.717) is 0 Å². The van der Waals surface area contributed by atoms with Crippen LogP contribution in [0.4, 0.5) is 0 Å². The summed E-state index contributed by atoms with van der Waals surface area (Å²) in [4.78, 5) is 0. The molecule has 0 atom stereocenters. The van der Waals surface area contributed by atoms with Gasteiger partial charge in [0.15, 0.2) is 0 Å². The molecule has 2 aromatic rings. The minimum Gasteiger partial charge on any atom is -0.493 e. The fourth-order valence-electron chi connectivity index (χ4n) is 7.86. The van der Waals surface area contributed by atoms with Crippen molar-refractivity contribution in [2.45, 2.75) is 241 Å². The van der Waals surface area contributed by atoms with Crippen LogP contribution in [-0.4, -0.2) is 4.70 Å². The van der Waals surface area contributed by atoms with Gasteiger partial charge in [0.25, 0.3) is 0 Å². The van der Waals surface area contributed by atoms with Crippen LogP contribution in [0, 0.1) is 13.8 Å². The Morgan fingerprint density at radius 2 is 0.707 bits per heavy atom. The van der Waals surface area contributed by atoms with E-state index in [1.54, 1.807) is 4.70 Å². The Kier molecular flexibility index (Phi) is 37.8. The van der Waals surface area contributed by atoms with Crippen molar-refractivity contribution >= 4 is 11.4 Å². The zero-order valence-corrected chi connectivity index (χ0v) is 40.2. The number of hydrogen-bond donors (Lipinski definition) is 0. The molecule has 0 saturated carbocycles. The van der Waals surface area contributed by atoms with Crippen LogP contribution in [0.25, 0.3) is 16.9 Å². The van der Waals surface area contributed by atoms with Gasteiger partial charge in [0.05, 0.1) is 0 Å². The summed E-state index contributed by atoms with van der Waals surface area (Å²) < 4.78 is 1.59. The van der Waals surface area contributed by atoms with Crippen molar-refractivity contribution in [3.8, 4) is 0 Å². The molecule has 332 valence electrons. The summed E-state index contributed by atoms with van der Waals surface area (Å²) in [6.45, 7) is 21.1. The molecule has 0 amide bonds. The molecule has 1 aliphatic heterocycles. The zero-order valence-electron chi connectivity index (χ0n) is 39.2. The average Bonchev–Trinajstić information content (AvgIpc) is 3.51. The van der Waals surface area contributed by atoms with Gasteiger partial charge in [-0.05, 0) is 86.8 Å². The van der Waals surface area contributed by atoms with Gasteiger partial charge in [-0.15, -0.1) is 0 Å². The molecule has 0 aromatic heterocycles. The van der Waals surface area contributed by atoms with E-state index in [9.17, 15) is 5.53 Å². The molecule has 0 fully saturated rings. The summed E-state index contributed by atoms with van der Waals surface area (Å²) in [5, 5.41) is 0. The van der Waals surface area contributed by atoms with E-state index >= 15 is 0 Å². The normalized spacial score (nSPS) is 12.3. The maximum Gasteiger partial charge on any atom is 2.00 e. The number of unbranched alkanes of at least 4 members (excludes halogenated alkanes) is 21. The smallest absolute Gasteiger partial charge is 0.493 e. The molecule has 2 aromatic carbocycles. The van der Waals surface area contributed by atoms with Crippen LogP contribution in [0.2, 0.25) is 0 Å². The van der Waals surface area contributed by atoms with Gasteiger partial charge in [-0.2, -0.15) is 12.8 Å². The van der Waals surface area contributed by atoms with Gasteiger partial charge in [0.2, 0.25) is 11.4 Å². The van der Waals surface area contributed by atoms with Crippen LogP contribution in [0.5, 0.6) is 0 Å². The van der Waals surface area contributed by atoms with Gasteiger partial charge in [-0.25, -0.2) is 4.70 Å². The van der Waals surface area contributed by atoms with E-state index in [4.69, 9.17) is 0 Å². The van der Waals surface area contributed by atoms with E-state index in [0.717, 1.165) is 62.8 Å². The molecular weight excluding hydrogens is 747 g/mol. The van der Waals surface area contributed by atoms with Gasteiger partial charge < -0.3 is 19.4 Å². The van der Waals surface area contributed by atoms with Crippen molar-refractivity contribution < 1.29 is 21.2 Å². The summed E-state index contributed by atoms with van der Waals surface area (Å²) in [5.41, 5.74) is 22.0. The third kappa shape index (κ3) is 24.3. The van der Waals surface area contributed by atoms with E-state index in [2.05, 4.69) is 104 Å². The first kappa shape index (κ1) is 56.0. The second-order valence-electron chi connectivity index (χ2n) is 16.8. The largest absolute Gasteiger partial charge is 2.00 e. The Bertz CT molecular complexity index is 1320. The topological polar surface area (TPSA) is 25.3 Å². The summed E-state index contributed by atoms with van der Waals surface area (Å²) in [6, 6.07) is 18.1. The fourth-order valence-corrected chi connectivity index (χ4v) is 7.86. The third-order valence-corrected chi connectivity index (χ3v) is 11.4. The van der Waals surface area contributed by atoms with Crippen molar-refractivity contribution in [1.82, 2.24) is 0 Å². The van der Waals surface area contributed by atoms with Gasteiger partial charge in [-0.3, -0.25) is 0 Å². The number of hydrogen-bond acceptors (Lipinski definition) is 0. The molecule has 0 aliphatic carbocycles. The molecule has 0 N–H and O–H groups in total. The third-order valence-electron chi connectivity index (χ3n) is 11.4. The molecule has 1 heterocycles. The van der Waals surface area contributed by atoms with Gasteiger partial charge in [0, 0.05) is 22.3 Å². The SMILES string of the molecule is CCCCCCCCC1=C(c2cccc(CCCCC)c2)[N+](=[N-])C(c2cccc(CCCCCCCC)c2)=C1CCCC.[CH2-]CCCCCC.[CH2-]CCCCCC.[Ni+2]. The van der Waals surface area contributed by atoms with Crippen LogP contribution < -0.4 is 0 Å². The Morgan fingerprint density at radius 1 is 0.397 bits per heavy atom. The standard InChI is InChI=1S/C41H62N2.2C7H15.Ni/c1-5-9-13-15-17-20-25-35-27-23-28-36(33-35)40-38(30-12-8-4)39(31-21-18-16-14-10-6-2)41(43(40)42)37-29-22-26-34(32-37)24-19-11-7-3;2*1-3-5-7-6-4-2;/h22-23,26-29,32-33H,5-21,24-25,30-31H2,1-4H3;2*1,3-7H2,2H3;/q;2*-1;+2. The second kappa shape index (κ2) is 39.2. The minimum absolute atomic E-state index is 0. The van der Waals surface area contributed by atoms with Gasteiger partial charge in [-0.1, -0.05) is 201 Å². The molecule has 2 nitrogen and oxygen atoms in total. The van der Waals surface area contributed by atoms with Crippen LogP contribution >= 0.6 is 0 Å².